The molecule has 0 aliphatic heterocycles. The Morgan fingerprint density at radius 3 is 2.20 bits per heavy atom. The van der Waals surface area contributed by atoms with E-state index in [4.69, 9.17) is 0 Å². The zero-order valence-electron chi connectivity index (χ0n) is 14.2. The van der Waals surface area contributed by atoms with E-state index >= 15 is 0 Å². The minimum atomic E-state index is -0.361. The molecule has 0 heterocycles. The first-order valence-electron chi connectivity index (χ1n) is 7.89. The van der Waals surface area contributed by atoms with E-state index in [2.05, 4.69) is 15.8 Å². The third kappa shape index (κ3) is 6.18. The first kappa shape index (κ1) is 18.3. The van der Waals surface area contributed by atoms with Crippen molar-refractivity contribution in [2.24, 2.45) is 5.10 Å². The number of nitrogens with zero attached hydrogens (tertiary/aromatic N) is 1. The SMILES string of the molecule is C/C(=N\NC(=O)CCC(=O)Nc1ccc(C)cc1)c1ccc(F)cc1. The smallest absolute Gasteiger partial charge is 0.240 e. The highest BCUT2D eigenvalue weighted by molar-refractivity contribution is 5.99. The molecule has 0 aliphatic carbocycles. The van der Waals surface area contributed by atoms with Crippen molar-refractivity contribution in [3.05, 3.63) is 65.5 Å². The van der Waals surface area contributed by atoms with Gasteiger partial charge in [-0.1, -0.05) is 29.8 Å². The molecule has 2 rings (SSSR count). The van der Waals surface area contributed by atoms with Crippen LogP contribution in [0.15, 0.2) is 53.6 Å². The monoisotopic (exact) mass is 341 g/mol. The van der Waals surface area contributed by atoms with Crippen molar-refractivity contribution in [2.75, 3.05) is 5.32 Å². The van der Waals surface area contributed by atoms with Gasteiger partial charge >= 0.3 is 0 Å². The van der Waals surface area contributed by atoms with Gasteiger partial charge in [-0.3, -0.25) is 9.59 Å². The molecule has 0 aliphatic rings. The lowest BCUT2D eigenvalue weighted by atomic mass is 10.1. The zero-order valence-corrected chi connectivity index (χ0v) is 14.2. The van der Waals surface area contributed by atoms with Gasteiger partial charge in [-0.2, -0.15) is 5.10 Å². The molecule has 5 nitrogen and oxygen atoms in total. The van der Waals surface area contributed by atoms with Gasteiger partial charge in [0.2, 0.25) is 11.8 Å². The van der Waals surface area contributed by atoms with Gasteiger partial charge in [0.15, 0.2) is 0 Å². The summed E-state index contributed by atoms with van der Waals surface area (Å²) < 4.78 is 12.9. The quantitative estimate of drug-likeness (QED) is 0.624. The Morgan fingerprint density at radius 1 is 0.960 bits per heavy atom. The number of carbonyl (C=O) groups excluding carboxylic acids is 2. The van der Waals surface area contributed by atoms with Crippen molar-refractivity contribution < 1.29 is 14.0 Å². The van der Waals surface area contributed by atoms with Crippen molar-refractivity contribution >= 4 is 23.2 Å². The second-order valence-electron chi connectivity index (χ2n) is 5.65. The maximum atomic E-state index is 12.9. The molecule has 0 spiro atoms. The number of hydrogen-bond donors (Lipinski definition) is 2. The van der Waals surface area contributed by atoms with E-state index in [-0.39, 0.29) is 30.5 Å². The Hall–Kier alpha value is -3.02. The number of aryl methyl sites for hydroxylation is 1. The molecule has 0 saturated heterocycles. The standard InChI is InChI=1S/C19H20FN3O2/c1-13-3-9-17(10-4-13)21-18(24)11-12-19(25)23-22-14(2)15-5-7-16(20)8-6-15/h3-10H,11-12H2,1-2H3,(H,21,24)(H,23,25)/b22-14+. The lowest BCUT2D eigenvalue weighted by Gasteiger charge is -2.06. The lowest BCUT2D eigenvalue weighted by molar-refractivity contribution is -0.124. The number of hydrogen-bond acceptors (Lipinski definition) is 3. The molecule has 0 aromatic heterocycles. The summed E-state index contributed by atoms with van der Waals surface area (Å²) in [7, 11) is 0. The molecule has 0 saturated carbocycles. The molecule has 130 valence electrons. The number of hydrazone groups is 1. The predicted octanol–water partition coefficient (Wildman–Crippen LogP) is 3.39. The van der Waals surface area contributed by atoms with Crippen molar-refractivity contribution in [3.63, 3.8) is 0 Å². The summed E-state index contributed by atoms with van der Waals surface area (Å²) in [6.07, 6.45) is 0.0860. The van der Waals surface area contributed by atoms with E-state index in [0.717, 1.165) is 5.56 Å². The molecule has 2 aromatic carbocycles. The molecule has 2 amide bonds. The number of benzene rings is 2. The van der Waals surface area contributed by atoms with Crippen molar-refractivity contribution in [2.45, 2.75) is 26.7 Å². The van der Waals surface area contributed by atoms with E-state index in [1.807, 2.05) is 31.2 Å². The van der Waals surface area contributed by atoms with Gasteiger partial charge in [0, 0.05) is 18.5 Å². The third-order valence-electron chi connectivity index (χ3n) is 3.52. The fourth-order valence-electron chi connectivity index (χ4n) is 2.05. The summed E-state index contributed by atoms with van der Waals surface area (Å²) in [4.78, 5) is 23.6. The first-order valence-corrected chi connectivity index (χ1v) is 7.89. The highest BCUT2D eigenvalue weighted by Crippen LogP contribution is 2.09. The number of carbonyl (C=O) groups is 2. The summed E-state index contributed by atoms with van der Waals surface area (Å²) in [5, 5.41) is 6.69. The summed E-state index contributed by atoms with van der Waals surface area (Å²) in [5.41, 5.74) is 5.46. The van der Waals surface area contributed by atoms with Crippen molar-refractivity contribution in [3.8, 4) is 0 Å². The fraction of sp³-hybridized carbons (Fsp3) is 0.211. The minimum Gasteiger partial charge on any atom is -0.326 e. The topological polar surface area (TPSA) is 70.6 Å². The summed E-state index contributed by atoms with van der Waals surface area (Å²) in [5.74, 6) is -0.932. The van der Waals surface area contributed by atoms with Crippen LogP contribution in [0.2, 0.25) is 0 Å². The third-order valence-corrected chi connectivity index (χ3v) is 3.52. The van der Waals surface area contributed by atoms with Crippen LogP contribution < -0.4 is 10.7 Å². The number of halogens is 1. The Balaban J connectivity index is 1.77. The zero-order chi connectivity index (χ0) is 18.2. The van der Waals surface area contributed by atoms with Gasteiger partial charge in [0.05, 0.1) is 5.71 Å². The van der Waals surface area contributed by atoms with E-state index in [1.54, 1.807) is 19.1 Å². The molecule has 0 fully saturated rings. The second kappa shape index (κ2) is 8.73. The van der Waals surface area contributed by atoms with Crippen LogP contribution in [-0.2, 0) is 9.59 Å². The highest BCUT2D eigenvalue weighted by atomic mass is 19.1. The van der Waals surface area contributed by atoms with E-state index in [1.165, 1.54) is 12.1 Å². The number of nitrogens with one attached hydrogen (secondary N) is 2. The van der Waals surface area contributed by atoms with Gasteiger partial charge in [0.1, 0.15) is 5.82 Å². The van der Waals surface area contributed by atoms with E-state index < -0.39 is 0 Å². The summed E-state index contributed by atoms with van der Waals surface area (Å²) in [6.45, 7) is 3.67. The van der Waals surface area contributed by atoms with Gasteiger partial charge in [-0.05, 0) is 43.7 Å². The molecule has 0 radical (unpaired) electrons. The molecular weight excluding hydrogens is 321 g/mol. The summed E-state index contributed by atoms with van der Waals surface area (Å²) in [6, 6.07) is 13.2. The van der Waals surface area contributed by atoms with Crippen LogP contribution in [0.1, 0.15) is 30.9 Å². The molecule has 25 heavy (non-hydrogen) atoms. The minimum absolute atomic E-state index is 0.0257. The van der Waals surface area contributed by atoms with Crippen LogP contribution in [0, 0.1) is 12.7 Å². The molecule has 0 unspecified atom stereocenters. The van der Waals surface area contributed by atoms with E-state index in [0.29, 0.717) is 17.0 Å². The average Bonchev–Trinajstić information content (AvgIpc) is 2.60. The Bertz CT molecular complexity index is 768. The van der Waals surface area contributed by atoms with Crippen LogP contribution in [0.5, 0.6) is 0 Å². The van der Waals surface area contributed by atoms with Gasteiger partial charge in [-0.15, -0.1) is 0 Å². The highest BCUT2D eigenvalue weighted by Gasteiger charge is 2.07. The van der Waals surface area contributed by atoms with Gasteiger partial charge in [0.25, 0.3) is 0 Å². The summed E-state index contributed by atoms with van der Waals surface area (Å²) >= 11 is 0. The van der Waals surface area contributed by atoms with Crippen LogP contribution in [0.3, 0.4) is 0 Å². The van der Waals surface area contributed by atoms with Crippen LogP contribution in [0.4, 0.5) is 10.1 Å². The molecule has 0 bridgehead atoms. The first-order chi connectivity index (χ1) is 11.9. The van der Waals surface area contributed by atoms with Gasteiger partial charge in [-0.25, -0.2) is 9.82 Å². The number of amides is 2. The average molecular weight is 341 g/mol. The van der Waals surface area contributed by atoms with Crippen LogP contribution >= 0.6 is 0 Å². The predicted molar refractivity (Wildman–Crippen MR) is 95.8 cm³/mol. The Labute approximate surface area is 145 Å². The maximum Gasteiger partial charge on any atom is 0.240 e. The Morgan fingerprint density at radius 2 is 1.56 bits per heavy atom. The lowest BCUT2D eigenvalue weighted by Crippen LogP contribution is -2.21. The van der Waals surface area contributed by atoms with Gasteiger partial charge < -0.3 is 5.32 Å². The maximum absolute atomic E-state index is 12.9. The molecule has 6 heteroatoms. The molecule has 2 N–H and O–H groups in total. The number of rotatable bonds is 6. The van der Waals surface area contributed by atoms with Crippen LogP contribution in [-0.4, -0.2) is 17.5 Å². The molecule has 2 aromatic rings. The number of anilines is 1. The van der Waals surface area contributed by atoms with E-state index in [9.17, 15) is 14.0 Å². The van der Waals surface area contributed by atoms with Crippen molar-refractivity contribution in [1.29, 1.82) is 0 Å². The second-order valence-corrected chi connectivity index (χ2v) is 5.65. The van der Waals surface area contributed by atoms with Crippen LogP contribution in [0.25, 0.3) is 0 Å². The molecule has 0 atom stereocenters. The Kier molecular flexibility index (Phi) is 6.39. The van der Waals surface area contributed by atoms with Crippen molar-refractivity contribution in [1.82, 2.24) is 5.43 Å². The fourth-order valence-corrected chi connectivity index (χ4v) is 2.05. The molecular formula is C19H20FN3O2. The largest absolute Gasteiger partial charge is 0.326 e. The normalized spacial score (nSPS) is 11.1.